The predicted octanol–water partition coefficient (Wildman–Crippen LogP) is 0.274. The zero-order valence-electron chi connectivity index (χ0n) is 9.56. The van der Waals surface area contributed by atoms with E-state index in [1.807, 2.05) is 0 Å². The van der Waals surface area contributed by atoms with E-state index in [1.54, 1.807) is 0 Å². The number of methoxy groups -OCH3 is 1. The maximum absolute atomic E-state index is 11.2. The molecule has 0 radical (unpaired) electrons. The Morgan fingerprint density at radius 3 is 2.65 bits per heavy atom. The lowest BCUT2D eigenvalue weighted by molar-refractivity contribution is 0.100. The van der Waals surface area contributed by atoms with Gasteiger partial charge in [0.1, 0.15) is 15.6 Å². The lowest BCUT2D eigenvalue weighted by Gasteiger charge is -2.27. The third-order valence-corrected chi connectivity index (χ3v) is 3.87. The largest absolute Gasteiger partial charge is 0.492 e. The summed E-state index contributed by atoms with van der Waals surface area (Å²) in [7, 11) is 1.53. The van der Waals surface area contributed by atoms with Crippen LogP contribution in [0.5, 0.6) is 5.75 Å². The number of rotatable bonds is 3. The normalized spacial score (nSPS) is 15.9. The van der Waals surface area contributed by atoms with E-state index in [1.165, 1.54) is 18.4 Å². The number of thiophene rings is 1. The second-order valence-corrected chi connectivity index (χ2v) is 4.65. The lowest BCUT2D eigenvalue weighted by Crippen LogP contribution is -2.35. The number of carbonyl (C=O) groups is 1. The van der Waals surface area contributed by atoms with Crippen LogP contribution in [0.3, 0.4) is 0 Å². The average Bonchev–Trinajstić information content (AvgIpc) is 2.67. The highest BCUT2D eigenvalue weighted by molar-refractivity contribution is 7.19. The van der Waals surface area contributed by atoms with Crippen LogP contribution >= 0.6 is 11.3 Å². The van der Waals surface area contributed by atoms with Crippen molar-refractivity contribution in [2.24, 2.45) is 5.73 Å². The number of primary amides is 1. The summed E-state index contributed by atoms with van der Waals surface area (Å²) in [6.45, 7) is 2.84. The van der Waals surface area contributed by atoms with Crippen molar-refractivity contribution in [3.05, 3.63) is 4.88 Å². The van der Waals surface area contributed by atoms with Crippen LogP contribution in [0.25, 0.3) is 0 Å². The number of nitrogen functional groups attached to an aromatic ring is 1. The first kappa shape index (κ1) is 12.0. The summed E-state index contributed by atoms with van der Waals surface area (Å²) in [6, 6.07) is 0. The smallest absolute Gasteiger partial charge is 0.261 e. The quantitative estimate of drug-likeness (QED) is 0.811. The Morgan fingerprint density at radius 2 is 2.12 bits per heavy atom. The molecule has 1 aromatic rings. The summed E-state index contributed by atoms with van der Waals surface area (Å²) in [4.78, 5) is 13.7. The molecule has 7 heteroatoms. The number of hydrogen-bond donors (Lipinski definition) is 2. The second-order valence-electron chi connectivity index (χ2n) is 3.65. The molecular formula is C10H15N3O3S. The molecular weight excluding hydrogens is 242 g/mol. The summed E-state index contributed by atoms with van der Waals surface area (Å²) >= 11 is 1.27. The molecule has 1 aliphatic rings. The monoisotopic (exact) mass is 257 g/mol. The minimum Gasteiger partial charge on any atom is -0.492 e. The van der Waals surface area contributed by atoms with Crippen LogP contribution in [0, 0.1) is 0 Å². The van der Waals surface area contributed by atoms with Gasteiger partial charge in [-0.15, -0.1) is 11.3 Å². The van der Waals surface area contributed by atoms with Gasteiger partial charge in [0, 0.05) is 13.1 Å². The van der Waals surface area contributed by atoms with E-state index < -0.39 is 5.91 Å². The SMILES string of the molecule is COc1c(N2CCOCC2)sc(C(N)=O)c1N. The average molecular weight is 257 g/mol. The molecule has 6 nitrogen and oxygen atoms in total. The van der Waals surface area contributed by atoms with Gasteiger partial charge in [0.2, 0.25) is 0 Å². The fourth-order valence-corrected chi connectivity index (χ4v) is 2.87. The molecule has 4 N–H and O–H groups in total. The number of morpholine rings is 1. The Bertz CT molecular complexity index is 427. The maximum atomic E-state index is 11.2. The highest BCUT2D eigenvalue weighted by Crippen LogP contribution is 2.44. The van der Waals surface area contributed by atoms with Crippen molar-refractivity contribution < 1.29 is 14.3 Å². The van der Waals surface area contributed by atoms with E-state index in [0.717, 1.165) is 18.1 Å². The van der Waals surface area contributed by atoms with Gasteiger partial charge in [-0.05, 0) is 0 Å². The van der Waals surface area contributed by atoms with E-state index in [2.05, 4.69) is 4.90 Å². The van der Waals surface area contributed by atoms with E-state index in [9.17, 15) is 4.79 Å². The third kappa shape index (κ3) is 2.16. The maximum Gasteiger partial charge on any atom is 0.261 e. The molecule has 1 saturated heterocycles. The highest BCUT2D eigenvalue weighted by Gasteiger charge is 2.25. The number of ether oxygens (including phenoxy) is 2. The molecule has 17 heavy (non-hydrogen) atoms. The molecule has 0 atom stereocenters. The van der Waals surface area contributed by atoms with E-state index in [0.29, 0.717) is 29.5 Å². The standard InChI is InChI=1S/C10H15N3O3S/c1-15-7-6(11)8(9(12)14)17-10(7)13-2-4-16-5-3-13/h2-5,11H2,1H3,(H2,12,14). The first-order chi connectivity index (χ1) is 8.15. The zero-order chi connectivity index (χ0) is 12.4. The number of amides is 1. The van der Waals surface area contributed by atoms with Gasteiger partial charge in [0.05, 0.1) is 20.3 Å². The van der Waals surface area contributed by atoms with Crippen LogP contribution in [-0.2, 0) is 4.74 Å². The Hall–Kier alpha value is -1.47. The molecule has 2 rings (SSSR count). The van der Waals surface area contributed by atoms with Gasteiger partial charge in [0.15, 0.2) is 5.75 Å². The van der Waals surface area contributed by atoms with Gasteiger partial charge >= 0.3 is 0 Å². The summed E-state index contributed by atoms with van der Waals surface area (Å²) in [5, 5.41) is 0.849. The molecule has 0 aliphatic carbocycles. The van der Waals surface area contributed by atoms with Gasteiger partial charge in [-0.25, -0.2) is 0 Å². The Balaban J connectivity index is 2.38. The second kappa shape index (κ2) is 4.80. The van der Waals surface area contributed by atoms with Crippen molar-refractivity contribution >= 4 is 27.9 Å². The van der Waals surface area contributed by atoms with Crippen molar-refractivity contribution in [1.82, 2.24) is 0 Å². The van der Waals surface area contributed by atoms with Gasteiger partial charge in [-0.1, -0.05) is 0 Å². The molecule has 0 aromatic carbocycles. The number of nitrogens with two attached hydrogens (primary N) is 2. The van der Waals surface area contributed by atoms with Crippen LogP contribution in [-0.4, -0.2) is 39.3 Å². The number of anilines is 2. The van der Waals surface area contributed by atoms with Crippen LogP contribution in [0.15, 0.2) is 0 Å². The highest BCUT2D eigenvalue weighted by atomic mass is 32.1. The minimum absolute atomic E-state index is 0.325. The van der Waals surface area contributed by atoms with Crippen molar-refractivity contribution in [2.45, 2.75) is 0 Å². The van der Waals surface area contributed by atoms with Gasteiger partial charge in [-0.2, -0.15) is 0 Å². The van der Waals surface area contributed by atoms with Gasteiger partial charge in [-0.3, -0.25) is 4.79 Å². The molecule has 0 spiro atoms. The number of hydrogen-bond acceptors (Lipinski definition) is 6. The molecule has 1 aromatic heterocycles. The van der Waals surface area contributed by atoms with E-state index in [4.69, 9.17) is 20.9 Å². The Morgan fingerprint density at radius 1 is 1.47 bits per heavy atom. The Kier molecular flexibility index (Phi) is 3.39. The molecule has 0 saturated carbocycles. The minimum atomic E-state index is -0.523. The fourth-order valence-electron chi connectivity index (χ4n) is 1.77. The van der Waals surface area contributed by atoms with E-state index >= 15 is 0 Å². The molecule has 0 unspecified atom stereocenters. The van der Waals surface area contributed by atoms with Crippen molar-refractivity contribution in [3.8, 4) is 5.75 Å². The molecule has 0 bridgehead atoms. The van der Waals surface area contributed by atoms with Crippen molar-refractivity contribution in [3.63, 3.8) is 0 Å². The summed E-state index contributed by atoms with van der Waals surface area (Å²) in [5.41, 5.74) is 11.4. The summed E-state index contributed by atoms with van der Waals surface area (Å²) in [6.07, 6.45) is 0. The van der Waals surface area contributed by atoms with Crippen LogP contribution < -0.4 is 21.1 Å². The van der Waals surface area contributed by atoms with E-state index in [-0.39, 0.29) is 0 Å². The van der Waals surface area contributed by atoms with Crippen LogP contribution in [0.2, 0.25) is 0 Å². The molecule has 1 fully saturated rings. The Labute approximate surface area is 103 Å². The third-order valence-electron chi connectivity index (χ3n) is 2.61. The lowest BCUT2D eigenvalue weighted by atomic mass is 10.3. The van der Waals surface area contributed by atoms with Crippen LogP contribution in [0.4, 0.5) is 10.7 Å². The van der Waals surface area contributed by atoms with Crippen molar-refractivity contribution in [1.29, 1.82) is 0 Å². The van der Waals surface area contributed by atoms with Crippen molar-refractivity contribution in [2.75, 3.05) is 44.0 Å². The molecule has 94 valence electrons. The fraction of sp³-hybridized carbons (Fsp3) is 0.500. The van der Waals surface area contributed by atoms with Gasteiger partial charge in [0.25, 0.3) is 5.91 Å². The number of nitrogens with zero attached hydrogens (tertiary/aromatic N) is 1. The first-order valence-electron chi connectivity index (χ1n) is 5.24. The molecule has 1 amide bonds. The summed E-state index contributed by atoms with van der Waals surface area (Å²) < 4.78 is 10.5. The van der Waals surface area contributed by atoms with Gasteiger partial charge < -0.3 is 25.8 Å². The van der Waals surface area contributed by atoms with Crippen LogP contribution in [0.1, 0.15) is 9.67 Å². The zero-order valence-corrected chi connectivity index (χ0v) is 10.4. The molecule has 1 aliphatic heterocycles. The predicted molar refractivity (Wildman–Crippen MR) is 66.8 cm³/mol. The molecule has 2 heterocycles. The summed E-state index contributed by atoms with van der Waals surface area (Å²) in [5.74, 6) is 0.0102. The number of carbonyl (C=O) groups excluding carboxylic acids is 1. The topological polar surface area (TPSA) is 90.8 Å². The first-order valence-corrected chi connectivity index (χ1v) is 6.05.